The van der Waals surface area contributed by atoms with Crippen LogP contribution < -0.4 is 0 Å². The minimum Gasteiger partial charge on any atom is -0.189 e. The van der Waals surface area contributed by atoms with E-state index in [9.17, 15) is 3.89 Å². The van der Waals surface area contributed by atoms with E-state index in [1.54, 1.807) is 0 Å². The molecule has 0 radical (unpaired) electrons. The molecule has 0 aliphatic carbocycles. The zero-order chi connectivity index (χ0) is 8.04. The van der Waals surface area contributed by atoms with Crippen LogP contribution in [0.3, 0.4) is 0 Å². The average molecular weight is 166 g/mol. The molecule has 0 saturated carbocycles. The van der Waals surface area contributed by atoms with Crippen molar-refractivity contribution in [1.29, 1.82) is 0 Å². The van der Waals surface area contributed by atoms with Gasteiger partial charge >= 0.3 is 0 Å². The Morgan fingerprint density at radius 1 is 1.10 bits per heavy atom. The Bertz CT molecular complexity index is 79.3. The van der Waals surface area contributed by atoms with Gasteiger partial charge in [-0.15, -0.1) is 0 Å². The Kier molecular flexibility index (Phi) is 5.14. The summed E-state index contributed by atoms with van der Waals surface area (Å²) in [7, 11) is -1.68. The van der Waals surface area contributed by atoms with Gasteiger partial charge in [0.15, 0.2) is 0 Å². The third-order valence-electron chi connectivity index (χ3n) is 1.90. The molecule has 0 fully saturated rings. The number of halogens is 1. The fourth-order valence-electron chi connectivity index (χ4n) is 0.896. The highest BCUT2D eigenvalue weighted by molar-refractivity contribution is 8.29. The van der Waals surface area contributed by atoms with Crippen LogP contribution >= 0.6 is 10.4 Å². The van der Waals surface area contributed by atoms with Crippen LogP contribution in [0.4, 0.5) is 3.89 Å². The number of hydrogen-bond acceptors (Lipinski definition) is 0. The summed E-state index contributed by atoms with van der Waals surface area (Å²) in [6.07, 6.45) is 2.19. The molecule has 0 unspecified atom stereocenters. The molecule has 0 bridgehead atoms. The first-order valence-corrected chi connectivity index (χ1v) is 6.18. The van der Waals surface area contributed by atoms with Crippen molar-refractivity contribution in [2.45, 2.75) is 33.6 Å². The van der Waals surface area contributed by atoms with Crippen molar-refractivity contribution in [3.63, 3.8) is 0 Å². The van der Waals surface area contributed by atoms with Crippen molar-refractivity contribution in [2.75, 3.05) is 17.3 Å². The first-order valence-electron chi connectivity index (χ1n) is 4.14. The van der Waals surface area contributed by atoms with E-state index in [4.69, 9.17) is 0 Å². The highest BCUT2D eigenvalue weighted by atomic mass is 32.3. The maximum absolute atomic E-state index is 13.5. The smallest absolute Gasteiger partial charge is 0.00354 e. The van der Waals surface area contributed by atoms with Gasteiger partial charge in [0.1, 0.15) is 0 Å². The van der Waals surface area contributed by atoms with E-state index in [0.717, 1.165) is 30.1 Å². The van der Waals surface area contributed by atoms with Crippen LogP contribution in [0.1, 0.15) is 33.6 Å². The summed E-state index contributed by atoms with van der Waals surface area (Å²) in [6.45, 7) is 6.05. The van der Waals surface area contributed by atoms with Gasteiger partial charge in [0.05, 0.1) is 0 Å². The Morgan fingerprint density at radius 2 is 1.60 bits per heavy atom. The van der Waals surface area contributed by atoms with Gasteiger partial charge in [0, 0.05) is 17.3 Å². The van der Waals surface area contributed by atoms with E-state index < -0.39 is 10.4 Å². The lowest BCUT2D eigenvalue weighted by atomic mass is 10.4. The first kappa shape index (κ1) is 10.3. The molecular formula is C8H19FS. The molecule has 10 heavy (non-hydrogen) atoms. The summed E-state index contributed by atoms with van der Waals surface area (Å²) < 4.78 is 13.5. The van der Waals surface area contributed by atoms with Gasteiger partial charge in [-0.3, -0.25) is 0 Å². The van der Waals surface area contributed by atoms with Crippen molar-refractivity contribution in [1.82, 2.24) is 0 Å². The zero-order valence-electron chi connectivity index (χ0n) is 7.32. The summed E-state index contributed by atoms with van der Waals surface area (Å²) in [5.41, 5.74) is 0. The van der Waals surface area contributed by atoms with Gasteiger partial charge < -0.3 is 0 Å². The van der Waals surface area contributed by atoms with Crippen LogP contribution in [0.15, 0.2) is 0 Å². The molecule has 64 valence electrons. The van der Waals surface area contributed by atoms with Crippen molar-refractivity contribution in [2.24, 2.45) is 0 Å². The second-order valence-electron chi connectivity index (χ2n) is 2.57. The SMILES string of the molecule is CCCCS(F)(CC)CC. The van der Waals surface area contributed by atoms with Crippen LogP contribution in [0.25, 0.3) is 0 Å². The maximum atomic E-state index is 13.5. The topological polar surface area (TPSA) is 0 Å². The van der Waals surface area contributed by atoms with E-state index in [2.05, 4.69) is 6.92 Å². The highest BCUT2D eigenvalue weighted by Gasteiger charge is 2.16. The molecule has 2 heteroatoms. The Balaban J connectivity index is 3.58. The lowest BCUT2D eigenvalue weighted by molar-refractivity contribution is 0.828. The van der Waals surface area contributed by atoms with Gasteiger partial charge in [-0.2, -0.15) is 3.89 Å². The summed E-state index contributed by atoms with van der Waals surface area (Å²) in [4.78, 5) is 0. The van der Waals surface area contributed by atoms with Gasteiger partial charge in [-0.25, -0.2) is 0 Å². The predicted molar refractivity (Wildman–Crippen MR) is 49.6 cm³/mol. The lowest BCUT2D eigenvalue weighted by Gasteiger charge is -2.27. The predicted octanol–water partition coefficient (Wildman–Crippen LogP) is 3.52. The van der Waals surface area contributed by atoms with E-state index in [0.29, 0.717) is 0 Å². The van der Waals surface area contributed by atoms with Crippen LogP contribution in [0.5, 0.6) is 0 Å². The molecule has 0 saturated heterocycles. The van der Waals surface area contributed by atoms with Gasteiger partial charge in [-0.05, 0) is 6.42 Å². The first-order chi connectivity index (χ1) is 4.68. The van der Waals surface area contributed by atoms with Gasteiger partial charge in [0.2, 0.25) is 0 Å². The minimum absolute atomic E-state index is 0.753. The van der Waals surface area contributed by atoms with Crippen LogP contribution in [0, 0.1) is 0 Å². The molecule has 0 amide bonds. The maximum Gasteiger partial charge on any atom is 0.00354 e. The molecule has 0 aromatic heterocycles. The summed E-state index contributed by atoms with van der Waals surface area (Å²) >= 11 is 0. The third-order valence-corrected chi connectivity index (χ3v) is 4.99. The van der Waals surface area contributed by atoms with Gasteiger partial charge in [-0.1, -0.05) is 37.6 Å². The molecule has 0 aliphatic heterocycles. The number of unbranched alkanes of at least 4 members (excludes halogenated alkanes) is 1. The van der Waals surface area contributed by atoms with Crippen LogP contribution in [-0.4, -0.2) is 17.3 Å². The minimum atomic E-state index is -1.68. The van der Waals surface area contributed by atoms with E-state index >= 15 is 0 Å². The standard InChI is InChI=1S/C8H19FS/c1-4-7-8-10(9,5-2)6-3/h4-8H2,1-3H3. The normalized spacial score (nSPS) is 13.6. The van der Waals surface area contributed by atoms with E-state index in [-0.39, 0.29) is 0 Å². The molecule has 0 aromatic carbocycles. The average Bonchev–Trinajstić information content (AvgIpc) is 2.00. The van der Waals surface area contributed by atoms with E-state index in [1.165, 1.54) is 0 Å². The van der Waals surface area contributed by atoms with Gasteiger partial charge in [0.25, 0.3) is 0 Å². The molecule has 0 aromatic rings. The largest absolute Gasteiger partial charge is 0.189 e. The lowest BCUT2D eigenvalue weighted by Crippen LogP contribution is -2.04. The highest BCUT2D eigenvalue weighted by Crippen LogP contribution is 2.49. The second-order valence-corrected chi connectivity index (χ2v) is 6.02. The molecule has 0 rings (SSSR count). The number of hydrogen-bond donors (Lipinski definition) is 0. The van der Waals surface area contributed by atoms with Crippen molar-refractivity contribution in [3.8, 4) is 0 Å². The van der Waals surface area contributed by atoms with Crippen LogP contribution in [0.2, 0.25) is 0 Å². The second kappa shape index (κ2) is 5.00. The molecule has 0 atom stereocenters. The molecule has 0 N–H and O–H groups in total. The zero-order valence-corrected chi connectivity index (χ0v) is 8.14. The third kappa shape index (κ3) is 3.45. The fourth-order valence-corrected chi connectivity index (χ4v) is 2.69. The molecule has 0 spiro atoms. The molecular weight excluding hydrogens is 147 g/mol. The molecule has 0 aliphatic rings. The van der Waals surface area contributed by atoms with Crippen molar-refractivity contribution < 1.29 is 3.89 Å². The fraction of sp³-hybridized carbons (Fsp3) is 1.00. The summed E-state index contributed by atoms with van der Waals surface area (Å²) in [6, 6.07) is 0. The number of rotatable bonds is 5. The molecule has 0 heterocycles. The van der Waals surface area contributed by atoms with Crippen molar-refractivity contribution in [3.05, 3.63) is 0 Å². The Labute approximate surface area is 65.8 Å². The summed E-state index contributed by atoms with van der Waals surface area (Å²) in [5, 5.41) is 0. The quantitative estimate of drug-likeness (QED) is 0.586. The van der Waals surface area contributed by atoms with E-state index in [1.807, 2.05) is 13.8 Å². The van der Waals surface area contributed by atoms with Crippen LogP contribution in [-0.2, 0) is 0 Å². The van der Waals surface area contributed by atoms with Crippen molar-refractivity contribution >= 4 is 10.4 Å². The Morgan fingerprint density at radius 3 is 1.90 bits per heavy atom. The monoisotopic (exact) mass is 166 g/mol. The summed E-state index contributed by atoms with van der Waals surface area (Å²) in [5.74, 6) is 2.34. The Hall–Kier alpha value is 0.280. The molecule has 0 nitrogen and oxygen atoms in total.